The normalized spacial score (nSPS) is 20.8. The maximum Gasteiger partial charge on any atom is 0.417 e. The lowest BCUT2D eigenvalue weighted by Gasteiger charge is -2.23. The highest BCUT2D eigenvalue weighted by Crippen LogP contribution is 2.16. The molecule has 1 aromatic heterocycles. The van der Waals surface area contributed by atoms with Crippen molar-refractivity contribution in [2.75, 3.05) is 6.54 Å². The first kappa shape index (κ1) is 10.6. The van der Waals surface area contributed by atoms with Crippen LogP contribution in [0.2, 0.25) is 0 Å². The van der Waals surface area contributed by atoms with Crippen LogP contribution in [0.4, 0.5) is 0 Å². The minimum atomic E-state index is -0.382. The predicted molar refractivity (Wildman–Crippen MR) is 66.2 cm³/mol. The molecule has 1 atom stereocenters. The highest BCUT2D eigenvalue weighted by molar-refractivity contribution is 5.72. The molecule has 0 saturated carbocycles. The van der Waals surface area contributed by atoms with Gasteiger partial charge in [0, 0.05) is 6.04 Å². The average molecular weight is 232 g/mol. The Labute approximate surface area is 99.0 Å². The lowest BCUT2D eigenvalue weighted by Crippen LogP contribution is -2.35. The molecule has 1 fully saturated rings. The second kappa shape index (κ2) is 4.37. The summed E-state index contributed by atoms with van der Waals surface area (Å²) in [6.07, 6.45) is 4.84. The maximum atomic E-state index is 11.1. The smallest absolute Gasteiger partial charge is 0.408 e. The third-order valence-corrected chi connectivity index (χ3v) is 3.38. The molecule has 0 spiro atoms. The quantitative estimate of drug-likeness (QED) is 0.830. The fraction of sp³-hybridized carbons (Fsp3) is 0.462. The Balaban J connectivity index is 1.82. The fourth-order valence-corrected chi connectivity index (χ4v) is 2.51. The Kier molecular flexibility index (Phi) is 2.73. The molecule has 4 nitrogen and oxygen atoms in total. The van der Waals surface area contributed by atoms with Crippen LogP contribution in [-0.4, -0.2) is 17.6 Å². The van der Waals surface area contributed by atoms with Crippen LogP contribution in [0.1, 0.15) is 24.8 Å². The molecule has 3 rings (SSSR count). The second-order valence-corrected chi connectivity index (χ2v) is 4.70. The predicted octanol–water partition coefficient (Wildman–Crippen LogP) is 1.81. The van der Waals surface area contributed by atoms with Crippen molar-refractivity contribution in [1.29, 1.82) is 0 Å². The third-order valence-electron chi connectivity index (χ3n) is 3.38. The molecule has 1 aliphatic heterocycles. The minimum Gasteiger partial charge on any atom is -0.408 e. The van der Waals surface area contributed by atoms with Crippen LogP contribution in [0, 0.1) is 0 Å². The van der Waals surface area contributed by atoms with Gasteiger partial charge in [0.1, 0.15) is 0 Å². The van der Waals surface area contributed by atoms with Crippen LogP contribution >= 0.6 is 0 Å². The van der Waals surface area contributed by atoms with Crippen molar-refractivity contribution >= 4 is 11.1 Å². The van der Waals surface area contributed by atoms with Gasteiger partial charge >= 0.3 is 5.76 Å². The Morgan fingerprint density at radius 2 is 2.29 bits per heavy atom. The number of aromatic amines is 1. The van der Waals surface area contributed by atoms with E-state index in [1.807, 2.05) is 18.2 Å². The van der Waals surface area contributed by atoms with E-state index in [2.05, 4.69) is 10.3 Å². The molecule has 1 aliphatic rings. The number of piperidine rings is 1. The topological polar surface area (TPSA) is 58.0 Å². The zero-order valence-electron chi connectivity index (χ0n) is 9.66. The van der Waals surface area contributed by atoms with Crippen LogP contribution in [0.25, 0.3) is 11.1 Å². The maximum absolute atomic E-state index is 11.1. The summed E-state index contributed by atoms with van der Waals surface area (Å²) < 4.78 is 4.99. The molecular weight excluding hydrogens is 216 g/mol. The van der Waals surface area contributed by atoms with E-state index in [4.69, 9.17) is 4.42 Å². The van der Waals surface area contributed by atoms with Gasteiger partial charge in [-0.15, -0.1) is 0 Å². The monoisotopic (exact) mass is 232 g/mol. The van der Waals surface area contributed by atoms with Gasteiger partial charge in [-0.05, 0) is 43.5 Å². The molecule has 4 heteroatoms. The van der Waals surface area contributed by atoms with Gasteiger partial charge in [-0.3, -0.25) is 4.98 Å². The van der Waals surface area contributed by atoms with Crippen LogP contribution < -0.4 is 11.1 Å². The summed E-state index contributed by atoms with van der Waals surface area (Å²) in [6, 6.07) is 6.48. The van der Waals surface area contributed by atoms with Gasteiger partial charge in [0.25, 0.3) is 0 Å². The molecule has 0 amide bonds. The van der Waals surface area contributed by atoms with Gasteiger partial charge in [-0.1, -0.05) is 12.5 Å². The number of benzene rings is 1. The number of rotatable bonds is 2. The van der Waals surface area contributed by atoms with Crippen molar-refractivity contribution in [3.8, 4) is 0 Å². The van der Waals surface area contributed by atoms with E-state index >= 15 is 0 Å². The highest BCUT2D eigenvalue weighted by atomic mass is 16.4. The molecule has 2 heterocycles. The van der Waals surface area contributed by atoms with Crippen molar-refractivity contribution in [2.24, 2.45) is 0 Å². The molecule has 0 aliphatic carbocycles. The van der Waals surface area contributed by atoms with E-state index < -0.39 is 0 Å². The summed E-state index contributed by atoms with van der Waals surface area (Å²) in [7, 11) is 0. The number of fused-ring (bicyclic) bond motifs is 1. The van der Waals surface area contributed by atoms with Gasteiger partial charge < -0.3 is 9.73 Å². The zero-order chi connectivity index (χ0) is 11.7. The summed E-state index contributed by atoms with van der Waals surface area (Å²) >= 11 is 0. The molecule has 17 heavy (non-hydrogen) atoms. The fourth-order valence-electron chi connectivity index (χ4n) is 2.51. The van der Waals surface area contributed by atoms with Gasteiger partial charge in [-0.25, -0.2) is 4.79 Å². The molecular formula is C13H16N2O2. The number of hydrogen-bond donors (Lipinski definition) is 2. The molecule has 2 N–H and O–H groups in total. The zero-order valence-corrected chi connectivity index (χ0v) is 9.66. The van der Waals surface area contributed by atoms with Crippen LogP contribution in [0.15, 0.2) is 27.4 Å². The van der Waals surface area contributed by atoms with E-state index in [1.54, 1.807) is 0 Å². The lowest BCUT2D eigenvalue weighted by atomic mass is 9.98. The van der Waals surface area contributed by atoms with Gasteiger partial charge in [0.2, 0.25) is 0 Å². The van der Waals surface area contributed by atoms with Gasteiger partial charge in [-0.2, -0.15) is 0 Å². The van der Waals surface area contributed by atoms with Crippen LogP contribution in [0.3, 0.4) is 0 Å². The molecule has 1 aromatic carbocycles. The number of oxazole rings is 1. The summed E-state index contributed by atoms with van der Waals surface area (Å²) in [4.78, 5) is 13.7. The van der Waals surface area contributed by atoms with Crippen molar-refractivity contribution < 1.29 is 4.42 Å². The molecule has 1 saturated heterocycles. The lowest BCUT2D eigenvalue weighted by molar-refractivity contribution is 0.399. The van der Waals surface area contributed by atoms with Crippen molar-refractivity contribution in [1.82, 2.24) is 10.3 Å². The Hall–Kier alpha value is -1.55. The average Bonchev–Trinajstić information content (AvgIpc) is 2.70. The van der Waals surface area contributed by atoms with Crippen molar-refractivity contribution in [2.45, 2.75) is 31.7 Å². The molecule has 1 unspecified atom stereocenters. The Bertz CT molecular complexity index is 564. The first-order valence-corrected chi connectivity index (χ1v) is 6.16. The summed E-state index contributed by atoms with van der Waals surface area (Å²) in [5, 5.41) is 3.53. The Morgan fingerprint density at radius 3 is 3.12 bits per heavy atom. The molecule has 2 aromatic rings. The number of hydrogen-bond acceptors (Lipinski definition) is 3. The highest BCUT2D eigenvalue weighted by Gasteiger charge is 2.13. The standard InChI is InChI=1S/C13H16N2O2/c16-13-15-11-8-9(4-5-12(11)17-13)7-10-3-1-2-6-14-10/h4-5,8,10,14H,1-3,6-7H2,(H,15,16). The third kappa shape index (κ3) is 2.26. The summed E-state index contributed by atoms with van der Waals surface area (Å²) in [5.74, 6) is -0.382. The van der Waals surface area contributed by atoms with Gasteiger partial charge in [0.05, 0.1) is 5.52 Å². The van der Waals surface area contributed by atoms with E-state index in [0.29, 0.717) is 11.6 Å². The van der Waals surface area contributed by atoms with Crippen molar-refractivity contribution in [3.05, 3.63) is 34.3 Å². The summed E-state index contributed by atoms with van der Waals surface area (Å²) in [5.41, 5.74) is 2.67. The van der Waals surface area contributed by atoms with Crippen molar-refractivity contribution in [3.63, 3.8) is 0 Å². The minimum absolute atomic E-state index is 0.382. The SMILES string of the molecule is O=c1[nH]c2cc(CC3CCCCN3)ccc2o1. The second-order valence-electron chi connectivity index (χ2n) is 4.70. The molecule has 90 valence electrons. The first-order chi connectivity index (χ1) is 8.31. The van der Waals surface area contributed by atoms with Crippen LogP contribution in [-0.2, 0) is 6.42 Å². The largest absolute Gasteiger partial charge is 0.417 e. The number of nitrogens with one attached hydrogen (secondary N) is 2. The number of H-pyrrole nitrogens is 1. The van der Waals surface area contributed by atoms with E-state index in [9.17, 15) is 4.79 Å². The van der Waals surface area contributed by atoms with E-state index in [1.165, 1.54) is 24.8 Å². The summed E-state index contributed by atoms with van der Waals surface area (Å²) in [6.45, 7) is 1.12. The molecule has 0 radical (unpaired) electrons. The Morgan fingerprint density at radius 1 is 1.35 bits per heavy atom. The first-order valence-electron chi connectivity index (χ1n) is 6.16. The van der Waals surface area contributed by atoms with Gasteiger partial charge in [0.15, 0.2) is 5.58 Å². The van der Waals surface area contributed by atoms with E-state index in [0.717, 1.165) is 18.5 Å². The van der Waals surface area contributed by atoms with Crippen LogP contribution in [0.5, 0.6) is 0 Å². The molecule has 0 bridgehead atoms. The van der Waals surface area contributed by atoms with E-state index in [-0.39, 0.29) is 5.76 Å². The number of aromatic nitrogens is 1.